The van der Waals surface area contributed by atoms with Gasteiger partial charge in [0, 0.05) is 0 Å². The fourth-order valence-electron chi connectivity index (χ4n) is 1.54. The molecule has 0 unspecified atom stereocenters. The number of rotatable bonds is 1. The predicted molar refractivity (Wildman–Crippen MR) is 65.4 cm³/mol. The molecule has 1 N–H and O–H groups in total. The third kappa shape index (κ3) is 4.38. The molecule has 16 heavy (non-hydrogen) atoms. The highest BCUT2D eigenvalue weighted by atomic mass is 28.3. The van der Waals surface area contributed by atoms with Crippen molar-refractivity contribution in [1.29, 1.82) is 0 Å². The van der Waals surface area contributed by atoms with E-state index in [-0.39, 0.29) is 5.97 Å². The maximum absolute atomic E-state index is 11.5. The standard InChI is InChI=1S/C12H20O3Si/c1-16(2,3)9-7-11(13)10-6-4-5-8-15-12(10)14/h10-11,13H,4-6,8H2,1-3H3/t10-,11-/m0/s1. The first-order chi connectivity index (χ1) is 7.40. The van der Waals surface area contributed by atoms with Crippen LogP contribution in [0.5, 0.6) is 0 Å². The smallest absolute Gasteiger partial charge is 0.312 e. The van der Waals surface area contributed by atoms with Crippen molar-refractivity contribution < 1.29 is 14.6 Å². The summed E-state index contributed by atoms with van der Waals surface area (Å²) in [5.74, 6) is 2.07. The summed E-state index contributed by atoms with van der Waals surface area (Å²) in [6.07, 6.45) is 1.62. The molecule has 0 aromatic rings. The zero-order chi connectivity index (χ0) is 12.2. The largest absolute Gasteiger partial charge is 0.465 e. The first kappa shape index (κ1) is 13.3. The summed E-state index contributed by atoms with van der Waals surface area (Å²) in [5.41, 5.74) is 3.09. The van der Waals surface area contributed by atoms with E-state index in [2.05, 4.69) is 31.1 Å². The van der Waals surface area contributed by atoms with Gasteiger partial charge in [-0.1, -0.05) is 25.6 Å². The lowest BCUT2D eigenvalue weighted by atomic mass is 9.97. The Morgan fingerprint density at radius 1 is 1.44 bits per heavy atom. The second-order valence-electron chi connectivity index (χ2n) is 5.23. The maximum atomic E-state index is 11.5. The van der Waals surface area contributed by atoms with Gasteiger partial charge in [0.1, 0.15) is 14.2 Å². The molecule has 1 aliphatic rings. The highest BCUT2D eigenvalue weighted by Crippen LogP contribution is 2.19. The van der Waals surface area contributed by atoms with Gasteiger partial charge in [-0.05, 0) is 19.3 Å². The third-order valence-corrected chi connectivity index (χ3v) is 3.33. The van der Waals surface area contributed by atoms with E-state index in [0.717, 1.165) is 12.8 Å². The molecule has 1 rings (SSSR count). The monoisotopic (exact) mass is 240 g/mol. The van der Waals surface area contributed by atoms with Crippen molar-refractivity contribution in [1.82, 2.24) is 0 Å². The fourth-order valence-corrected chi connectivity index (χ4v) is 2.12. The van der Waals surface area contributed by atoms with Crippen LogP contribution in [0.25, 0.3) is 0 Å². The lowest BCUT2D eigenvalue weighted by molar-refractivity contribution is -0.149. The molecule has 0 aromatic heterocycles. The Morgan fingerprint density at radius 3 is 2.75 bits per heavy atom. The van der Waals surface area contributed by atoms with Crippen molar-refractivity contribution in [3.8, 4) is 11.5 Å². The molecule has 0 aliphatic carbocycles. The van der Waals surface area contributed by atoms with E-state index < -0.39 is 20.1 Å². The van der Waals surface area contributed by atoms with E-state index in [4.69, 9.17) is 4.74 Å². The predicted octanol–water partition coefficient (Wildman–Crippen LogP) is 1.57. The molecule has 2 atom stereocenters. The number of aliphatic hydroxyl groups excluding tert-OH is 1. The average Bonchev–Trinajstić information content (AvgIpc) is 2.38. The summed E-state index contributed by atoms with van der Waals surface area (Å²) in [4.78, 5) is 11.5. The van der Waals surface area contributed by atoms with Gasteiger partial charge in [0.15, 0.2) is 0 Å². The SMILES string of the molecule is C[Si](C)(C)C#C[C@H](O)[C@@H]1CCCCOC1=O. The Kier molecular flexibility index (Phi) is 4.57. The summed E-state index contributed by atoms with van der Waals surface area (Å²) in [5, 5.41) is 9.88. The van der Waals surface area contributed by atoms with E-state index in [1.54, 1.807) is 0 Å². The minimum Gasteiger partial charge on any atom is -0.465 e. The number of cyclic esters (lactones) is 1. The van der Waals surface area contributed by atoms with E-state index in [1.165, 1.54) is 0 Å². The normalized spacial score (nSPS) is 23.8. The number of carbonyl (C=O) groups is 1. The second-order valence-corrected chi connectivity index (χ2v) is 9.98. The first-order valence-electron chi connectivity index (χ1n) is 5.77. The minimum atomic E-state index is -1.49. The van der Waals surface area contributed by atoms with E-state index in [9.17, 15) is 9.90 Å². The Bertz CT molecular complexity index is 308. The van der Waals surface area contributed by atoms with Crippen LogP contribution in [0, 0.1) is 17.4 Å². The van der Waals surface area contributed by atoms with Gasteiger partial charge in [0.05, 0.1) is 12.5 Å². The molecule has 0 radical (unpaired) electrons. The van der Waals surface area contributed by atoms with Crippen LogP contribution in [0.1, 0.15) is 19.3 Å². The average molecular weight is 240 g/mol. The van der Waals surface area contributed by atoms with E-state index in [0.29, 0.717) is 13.0 Å². The molecular weight excluding hydrogens is 220 g/mol. The molecule has 0 amide bonds. The number of esters is 1. The molecule has 3 nitrogen and oxygen atoms in total. The van der Waals surface area contributed by atoms with Crippen LogP contribution in [-0.4, -0.2) is 31.9 Å². The molecular formula is C12H20O3Si. The number of hydrogen-bond donors (Lipinski definition) is 1. The Morgan fingerprint density at radius 2 is 2.12 bits per heavy atom. The number of hydrogen-bond acceptors (Lipinski definition) is 3. The minimum absolute atomic E-state index is 0.296. The topological polar surface area (TPSA) is 46.5 Å². The number of aliphatic hydroxyl groups is 1. The lowest BCUT2D eigenvalue weighted by Gasteiger charge is -2.14. The van der Waals surface area contributed by atoms with E-state index >= 15 is 0 Å². The fraction of sp³-hybridized carbons (Fsp3) is 0.750. The van der Waals surface area contributed by atoms with E-state index in [1.807, 2.05) is 0 Å². The summed E-state index contributed by atoms with van der Waals surface area (Å²) >= 11 is 0. The van der Waals surface area contributed by atoms with Crippen LogP contribution in [0.4, 0.5) is 0 Å². The first-order valence-corrected chi connectivity index (χ1v) is 9.27. The summed E-state index contributed by atoms with van der Waals surface area (Å²) < 4.78 is 5.01. The van der Waals surface area contributed by atoms with Gasteiger partial charge in [-0.15, -0.1) is 5.54 Å². The molecule has 1 heterocycles. The highest BCUT2D eigenvalue weighted by Gasteiger charge is 2.28. The maximum Gasteiger partial charge on any atom is 0.312 e. The third-order valence-electron chi connectivity index (χ3n) is 2.43. The van der Waals surface area contributed by atoms with Gasteiger partial charge in [0.25, 0.3) is 0 Å². The van der Waals surface area contributed by atoms with Gasteiger partial charge in [-0.2, -0.15) is 0 Å². The van der Waals surface area contributed by atoms with Crippen molar-refractivity contribution in [2.45, 2.75) is 45.0 Å². The van der Waals surface area contributed by atoms with Crippen LogP contribution in [0.15, 0.2) is 0 Å². The Labute approximate surface area is 98.2 Å². The van der Waals surface area contributed by atoms with Gasteiger partial charge in [0.2, 0.25) is 0 Å². The zero-order valence-electron chi connectivity index (χ0n) is 10.2. The molecule has 0 bridgehead atoms. The van der Waals surface area contributed by atoms with Crippen molar-refractivity contribution in [2.75, 3.05) is 6.61 Å². The van der Waals surface area contributed by atoms with Crippen LogP contribution in [0.2, 0.25) is 19.6 Å². The number of carbonyl (C=O) groups excluding carboxylic acids is 1. The van der Waals surface area contributed by atoms with Crippen LogP contribution < -0.4 is 0 Å². The zero-order valence-corrected chi connectivity index (χ0v) is 11.2. The van der Waals surface area contributed by atoms with Crippen LogP contribution >= 0.6 is 0 Å². The van der Waals surface area contributed by atoms with Crippen LogP contribution in [0.3, 0.4) is 0 Å². The molecule has 90 valence electrons. The molecule has 0 spiro atoms. The Hall–Kier alpha value is -0.793. The Balaban J connectivity index is 2.66. The summed E-state index contributed by atoms with van der Waals surface area (Å²) in [6.45, 7) is 6.80. The van der Waals surface area contributed by atoms with Crippen LogP contribution in [-0.2, 0) is 9.53 Å². The van der Waals surface area contributed by atoms with Gasteiger partial charge < -0.3 is 9.84 Å². The number of ether oxygens (including phenoxy) is 1. The molecule has 0 aromatic carbocycles. The molecule has 1 saturated heterocycles. The van der Waals surface area contributed by atoms with Gasteiger partial charge in [-0.3, -0.25) is 4.79 Å². The summed E-state index contributed by atoms with van der Waals surface area (Å²) in [7, 11) is -1.49. The molecule has 4 heteroatoms. The van der Waals surface area contributed by atoms with Crippen molar-refractivity contribution in [3.05, 3.63) is 0 Å². The molecule has 1 fully saturated rings. The molecule has 0 saturated carbocycles. The highest BCUT2D eigenvalue weighted by molar-refractivity contribution is 6.83. The molecule has 1 aliphatic heterocycles. The van der Waals surface area contributed by atoms with Gasteiger partial charge >= 0.3 is 5.97 Å². The van der Waals surface area contributed by atoms with Crippen molar-refractivity contribution in [3.63, 3.8) is 0 Å². The second kappa shape index (κ2) is 5.51. The van der Waals surface area contributed by atoms with Gasteiger partial charge in [-0.25, -0.2) is 0 Å². The van der Waals surface area contributed by atoms with Crippen molar-refractivity contribution >= 4 is 14.0 Å². The quantitative estimate of drug-likeness (QED) is 0.430. The summed E-state index contributed by atoms with van der Waals surface area (Å²) in [6, 6.07) is 0. The van der Waals surface area contributed by atoms with Crippen molar-refractivity contribution in [2.24, 2.45) is 5.92 Å². The lowest BCUT2D eigenvalue weighted by Crippen LogP contribution is -2.28.